The summed E-state index contributed by atoms with van der Waals surface area (Å²) in [5, 5.41) is 2.03. The van der Waals surface area contributed by atoms with E-state index in [-0.39, 0.29) is 18.2 Å². The van der Waals surface area contributed by atoms with Crippen LogP contribution in [0.5, 0.6) is 0 Å². The third-order valence-electron chi connectivity index (χ3n) is 0.632. The standard InChI is InChI=1S/C4H3NO2.CH3NO/c6-3-1-2-4(7)5-3;2-1-3/h1-2H,(H,5,6,7);1H,(H2,2,3). The van der Waals surface area contributed by atoms with Crippen LogP contribution >= 0.6 is 0 Å². The fraction of sp³-hybridized carbons (Fsp3) is 0. The maximum atomic E-state index is 10.0. The summed E-state index contributed by atoms with van der Waals surface area (Å²) in [4.78, 5) is 28.7. The number of primary amides is 1. The van der Waals surface area contributed by atoms with E-state index in [1.807, 2.05) is 5.32 Å². The van der Waals surface area contributed by atoms with E-state index in [0.717, 1.165) is 0 Å². The van der Waals surface area contributed by atoms with E-state index in [9.17, 15) is 9.59 Å². The molecule has 5 heteroatoms. The van der Waals surface area contributed by atoms with Gasteiger partial charge in [-0.25, -0.2) is 0 Å². The van der Waals surface area contributed by atoms with E-state index in [1.54, 1.807) is 0 Å². The van der Waals surface area contributed by atoms with E-state index in [2.05, 4.69) is 5.73 Å². The molecule has 0 bridgehead atoms. The van der Waals surface area contributed by atoms with Gasteiger partial charge in [-0.3, -0.25) is 19.7 Å². The highest BCUT2D eigenvalue weighted by Gasteiger charge is 2.06. The average Bonchev–Trinajstić information content (AvgIpc) is 2.17. The highest BCUT2D eigenvalue weighted by Crippen LogP contribution is 1.82. The Kier molecular flexibility index (Phi) is 3.55. The van der Waals surface area contributed by atoms with Crippen LogP contribution in [0, 0.1) is 0 Å². The van der Waals surface area contributed by atoms with Gasteiger partial charge in [-0.2, -0.15) is 0 Å². The third kappa shape index (κ3) is 3.36. The lowest BCUT2D eigenvalue weighted by molar-refractivity contribution is -0.123. The molecule has 0 aromatic carbocycles. The molecule has 3 N–H and O–H groups in total. The van der Waals surface area contributed by atoms with E-state index >= 15 is 0 Å². The number of rotatable bonds is 0. The molecule has 0 aliphatic carbocycles. The maximum absolute atomic E-state index is 10.0. The predicted molar refractivity (Wildman–Crippen MR) is 32.5 cm³/mol. The summed E-state index contributed by atoms with van der Waals surface area (Å²) in [5.74, 6) is -0.657. The number of imide groups is 1. The molecule has 0 fully saturated rings. The van der Waals surface area contributed by atoms with Crippen LogP contribution in [0.4, 0.5) is 0 Å². The van der Waals surface area contributed by atoms with Gasteiger partial charge in [-0.05, 0) is 0 Å². The first-order chi connectivity index (χ1) is 4.70. The Bertz CT molecular complexity index is 169. The van der Waals surface area contributed by atoms with Gasteiger partial charge in [0.1, 0.15) is 0 Å². The highest BCUT2D eigenvalue weighted by atomic mass is 16.2. The van der Waals surface area contributed by atoms with Crippen LogP contribution in [0.1, 0.15) is 0 Å². The molecule has 1 aliphatic heterocycles. The predicted octanol–water partition coefficient (Wildman–Crippen LogP) is -1.70. The van der Waals surface area contributed by atoms with Crippen LogP contribution in [0.15, 0.2) is 12.2 Å². The van der Waals surface area contributed by atoms with Crippen molar-refractivity contribution < 1.29 is 14.4 Å². The van der Waals surface area contributed by atoms with Crippen LogP contribution in [0.3, 0.4) is 0 Å². The average molecular weight is 142 g/mol. The van der Waals surface area contributed by atoms with Crippen LogP contribution in [-0.2, 0) is 14.4 Å². The first-order valence-corrected chi connectivity index (χ1v) is 2.39. The Morgan fingerprint density at radius 3 is 1.70 bits per heavy atom. The molecular weight excluding hydrogens is 136 g/mol. The van der Waals surface area contributed by atoms with Crippen molar-refractivity contribution in [3.8, 4) is 0 Å². The zero-order valence-corrected chi connectivity index (χ0v) is 5.03. The molecule has 1 rings (SSSR count). The molecular formula is C5H6N2O3. The SMILES string of the molecule is NC=O.O=C1C=CC(=O)N1. The molecule has 5 nitrogen and oxygen atoms in total. The second-order valence-electron chi connectivity index (χ2n) is 1.32. The van der Waals surface area contributed by atoms with Crippen molar-refractivity contribution in [2.24, 2.45) is 5.73 Å². The number of hydrogen-bond acceptors (Lipinski definition) is 3. The summed E-state index contributed by atoms with van der Waals surface area (Å²) >= 11 is 0. The van der Waals surface area contributed by atoms with Crippen molar-refractivity contribution in [1.29, 1.82) is 0 Å². The van der Waals surface area contributed by atoms with Crippen molar-refractivity contribution >= 4 is 18.2 Å². The Labute approximate surface area is 56.9 Å². The summed E-state index contributed by atoms with van der Waals surface area (Å²) in [6, 6.07) is 0. The van der Waals surface area contributed by atoms with Crippen LogP contribution in [0.2, 0.25) is 0 Å². The topological polar surface area (TPSA) is 89.3 Å². The zero-order chi connectivity index (χ0) is 7.98. The van der Waals surface area contributed by atoms with Gasteiger partial charge in [-0.1, -0.05) is 0 Å². The van der Waals surface area contributed by atoms with Crippen LogP contribution in [0.25, 0.3) is 0 Å². The minimum atomic E-state index is -0.329. The van der Waals surface area contributed by atoms with Gasteiger partial charge in [-0.15, -0.1) is 0 Å². The van der Waals surface area contributed by atoms with Gasteiger partial charge in [0.2, 0.25) is 6.41 Å². The molecule has 54 valence electrons. The minimum absolute atomic E-state index is 0.250. The highest BCUT2D eigenvalue weighted by molar-refractivity contribution is 6.12. The van der Waals surface area contributed by atoms with Gasteiger partial charge in [0, 0.05) is 12.2 Å². The third-order valence-corrected chi connectivity index (χ3v) is 0.632. The molecule has 0 atom stereocenters. The number of carbonyl (C=O) groups excluding carboxylic acids is 3. The number of amides is 3. The van der Waals surface area contributed by atoms with Crippen molar-refractivity contribution in [2.45, 2.75) is 0 Å². The molecule has 0 spiro atoms. The zero-order valence-electron chi connectivity index (χ0n) is 5.03. The summed E-state index contributed by atoms with van der Waals surface area (Å²) in [5.41, 5.74) is 4.17. The Morgan fingerprint density at radius 2 is 1.60 bits per heavy atom. The molecule has 10 heavy (non-hydrogen) atoms. The number of hydrogen-bond donors (Lipinski definition) is 2. The Morgan fingerprint density at radius 1 is 1.30 bits per heavy atom. The van der Waals surface area contributed by atoms with Crippen LogP contribution in [-0.4, -0.2) is 18.2 Å². The van der Waals surface area contributed by atoms with E-state index < -0.39 is 0 Å². The van der Waals surface area contributed by atoms with Gasteiger partial charge < -0.3 is 5.73 Å². The summed E-state index contributed by atoms with van der Waals surface area (Å²) in [6.07, 6.45) is 2.64. The molecule has 1 heterocycles. The van der Waals surface area contributed by atoms with E-state index in [4.69, 9.17) is 4.79 Å². The second-order valence-corrected chi connectivity index (χ2v) is 1.32. The molecule has 0 aromatic rings. The fourth-order valence-corrected chi connectivity index (χ4v) is 0.356. The number of nitrogens with one attached hydrogen (secondary N) is 1. The normalized spacial score (nSPS) is 13.6. The Hall–Kier alpha value is -1.65. The van der Waals surface area contributed by atoms with Gasteiger partial charge >= 0.3 is 0 Å². The maximum Gasteiger partial charge on any atom is 0.250 e. The quantitative estimate of drug-likeness (QED) is 0.312. The first-order valence-electron chi connectivity index (χ1n) is 2.39. The molecule has 3 amide bonds. The van der Waals surface area contributed by atoms with Gasteiger partial charge in [0.05, 0.1) is 0 Å². The number of nitrogens with two attached hydrogens (primary N) is 1. The molecule has 0 saturated heterocycles. The second kappa shape index (κ2) is 4.25. The smallest absolute Gasteiger partial charge is 0.250 e. The largest absolute Gasteiger partial charge is 0.372 e. The monoisotopic (exact) mass is 142 g/mol. The lowest BCUT2D eigenvalue weighted by atomic mass is 10.6. The molecule has 0 unspecified atom stereocenters. The van der Waals surface area contributed by atoms with Crippen molar-refractivity contribution in [3.63, 3.8) is 0 Å². The van der Waals surface area contributed by atoms with Crippen molar-refractivity contribution in [3.05, 3.63) is 12.2 Å². The molecule has 0 aromatic heterocycles. The van der Waals surface area contributed by atoms with Gasteiger partial charge in [0.25, 0.3) is 11.8 Å². The van der Waals surface area contributed by atoms with Gasteiger partial charge in [0.15, 0.2) is 0 Å². The minimum Gasteiger partial charge on any atom is -0.372 e. The summed E-state index contributed by atoms with van der Waals surface area (Å²) < 4.78 is 0. The van der Waals surface area contributed by atoms with Crippen molar-refractivity contribution in [1.82, 2.24) is 5.32 Å². The Balaban J connectivity index is 0.000000236. The molecule has 1 aliphatic rings. The number of carbonyl (C=O) groups is 3. The van der Waals surface area contributed by atoms with E-state index in [0.29, 0.717) is 0 Å². The summed E-state index contributed by atoms with van der Waals surface area (Å²) in [6.45, 7) is 0. The van der Waals surface area contributed by atoms with Crippen molar-refractivity contribution in [2.75, 3.05) is 0 Å². The first kappa shape index (κ1) is 8.35. The lowest BCUT2D eigenvalue weighted by Gasteiger charge is -1.80. The van der Waals surface area contributed by atoms with Crippen LogP contribution < -0.4 is 11.1 Å². The molecule has 0 radical (unpaired) electrons. The summed E-state index contributed by atoms with van der Waals surface area (Å²) in [7, 11) is 0. The van der Waals surface area contributed by atoms with E-state index in [1.165, 1.54) is 12.2 Å². The lowest BCUT2D eigenvalue weighted by Crippen LogP contribution is -2.19. The molecule has 0 saturated carbocycles. The fourth-order valence-electron chi connectivity index (χ4n) is 0.356.